The van der Waals surface area contributed by atoms with E-state index in [4.69, 9.17) is 9.47 Å². The quantitative estimate of drug-likeness (QED) is 0.350. The highest BCUT2D eigenvalue weighted by Crippen LogP contribution is 2.35. The van der Waals surface area contributed by atoms with Crippen LogP contribution in [0.1, 0.15) is 10.4 Å². The number of methoxy groups -OCH3 is 3. The molecule has 0 spiro atoms. The van der Waals surface area contributed by atoms with Crippen LogP contribution < -0.4 is 10.1 Å². The van der Waals surface area contributed by atoms with Crippen LogP contribution in [0.15, 0.2) is 12.1 Å². The number of nitro benzene ring substituents is 1. The number of esters is 1. The lowest BCUT2D eigenvalue weighted by Crippen LogP contribution is -2.12. The van der Waals surface area contributed by atoms with Gasteiger partial charge in [0, 0.05) is 19.7 Å². The number of hydrogen-bond acceptors (Lipinski definition) is 7. The second-order valence-electron chi connectivity index (χ2n) is 3.74. The highest BCUT2D eigenvalue weighted by molar-refractivity contribution is 5.92. The first kappa shape index (κ1) is 15.7. The van der Waals surface area contributed by atoms with Crippen molar-refractivity contribution in [3.8, 4) is 5.75 Å². The van der Waals surface area contributed by atoms with Gasteiger partial charge in [0.05, 0.1) is 31.3 Å². The fourth-order valence-corrected chi connectivity index (χ4v) is 1.60. The molecular weight excluding hydrogens is 268 g/mol. The van der Waals surface area contributed by atoms with E-state index in [1.807, 2.05) is 0 Å². The van der Waals surface area contributed by atoms with Crippen molar-refractivity contribution >= 4 is 17.3 Å². The van der Waals surface area contributed by atoms with E-state index in [1.54, 1.807) is 0 Å². The summed E-state index contributed by atoms with van der Waals surface area (Å²) >= 11 is 0. The van der Waals surface area contributed by atoms with E-state index in [1.165, 1.54) is 27.4 Å². The summed E-state index contributed by atoms with van der Waals surface area (Å²) in [6.07, 6.45) is 0. The molecule has 0 aliphatic rings. The van der Waals surface area contributed by atoms with Crippen LogP contribution >= 0.6 is 0 Å². The van der Waals surface area contributed by atoms with Gasteiger partial charge in [-0.2, -0.15) is 0 Å². The van der Waals surface area contributed by atoms with Crippen LogP contribution in [-0.4, -0.2) is 45.4 Å². The monoisotopic (exact) mass is 284 g/mol. The third-order valence-corrected chi connectivity index (χ3v) is 2.53. The topological polar surface area (TPSA) is 99.9 Å². The molecule has 20 heavy (non-hydrogen) atoms. The molecule has 1 N–H and O–H groups in total. The van der Waals surface area contributed by atoms with Crippen LogP contribution in [0.25, 0.3) is 0 Å². The first-order valence-corrected chi connectivity index (χ1v) is 5.72. The van der Waals surface area contributed by atoms with Crippen molar-refractivity contribution in [2.24, 2.45) is 0 Å². The van der Waals surface area contributed by atoms with E-state index >= 15 is 0 Å². The SMILES string of the molecule is COCCNc1c(OC)cc(C(=O)OC)cc1[N+](=O)[O-]. The molecule has 110 valence electrons. The maximum atomic E-state index is 11.5. The average molecular weight is 284 g/mol. The predicted octanol–water partition coefficient (Wildman–Crippen LogP) is 1.45. The van der Waals surface area contributed by atoms with E-state index in [0.717, 1.165) is 6.07 Å². The zero-order valence-electron chi connectivity index (χ0n) is 11.5. The molecule has 1 aromatic carbocycles. The second kappa shape index (κ2) is 7.29. The maximum absolute atomic E-state index is 11.5. The van der Waals surface area contributed by atoms with Gasteiger partial charge in [-0.1, -0.05) is 0 Å². The molecule has 0 atom stereocenters. The number of anilines is 1. The standard InChI is InChI=1S/C12H16N2O6/c1-18-5-4-13-11-9(14(16)17)6-8(12(15)20-3)7-10(11)19-2/h6-7,13H,4-5H2,1-3H3. The Morgan fingerprint density at radius 1 is 1.35 bits per heavy atom. The van der Waals surface area contributed by atoms with Gasteiger partial charge in [0.25, 0.3) is 5.69 Å². The van der Waals surface area contributed by atoms with Crippen molar-refractivity contribution in [3.63, 3.8) is 0 Å². The van der Waals surface area contributed by atoms with Crippen LogP contribution in [0.4, 0.5) is 11.4 Å². The summed E-state index contributed by atoms with van der Waals surface area (Å²) in [4.78, 5) is 22.0. The largest absolute Gasteiger partial charge is 0.494 e. The summed E-state index contributed by atoms with van der Waals surface area (Å²) in [5, 5.41) is 14.0. The van der Waals surface area contributed by atoms with Gasteiger partial charge in [0.2, 0.25) is 0 Å². The van der Waals surface area contributed by atoms with Gasteiger partial charge >= 0.3 is 5.97 Å². The van der Waals surface area contributed by atoms with Gasteiger partial charge in [-0.05, 0) is 6.07 Å². The van der Waals surface area contributed by atoms with Gasteiger partial charge < -0.3 is 19.5 Å². The highest BCUT2D eigenvalue weighted by Gasteiger charge is 2.23. The lowest BCUT2D eigenvalue weighted by molar-refractivity contribution is -0.384. The van der Waals surface area contributed by atoms with Gasteiger partial charge in [0.1, 0.15) is 5.75 Å². The zero-order chi connectivity index (χ0) is 15.1. The molecule has 0 amide bonds. The van der Waals surface area contributed by atoms with Gasteiger partial charge in [-0.15, -0.1) is 0 Å². The Labute approximate surface area is 115 Å². The molecular formula is C12H16N2O6. The van der Waals surface area contributed by atoms with Gasteiger partial charge in [-0.25, -0.2) is 4.79 Å². The van der Waals surface area contributed by atoms with E-state index in [0.29, 0.717) is 13.2 Å². The van der Waals surface area contributed by atoms with Crippen LogP contribution in [0.3, 0.4) is 0 Å². The number of carbonyl (C=O) groups excluding carboxylic acids is 1. The summed E-state index contributed by atoms with van der Waals surface area (Å²) in [7, 11) is 4.08. The highest BCUT2D eigenvalue weighted by atomic mass is 16.6. The average Bonchev–Trinajstić information content (AvgIpc) is 2.46. The smallest absolute Gasteiger partial charge is 0.338 e. The molecule has 0 aromatic heterocycles. The molecule has 0 bridgehead atoms. The lowest BCUT2D eigenvalue weighted by atomic mass is 10.1. The first-order chi connectivity index (χ1) is 9.54. The Hall–Kier alpha value is -2.35. The van der Waals surface area contributed by atoms with E-state index in [9.17, 15) is 14.9 Å². The Kier molecular flexibility index (Phi) is 5.73. The number of nitrogens with zero attached hydrogens (tertiary/aromatic N) is 1. The van der Waals surface area contributed by atoms with Crippen LogP contribution in [0.5, 0.6) is 5.75 Å². The summed E-state index contributed by atoms with van der Waals surface area (Å²) in [5.41, 5.74) is -0.0172. The van der Waals surface area contributed by atoms with Crippen LogP contribution in [-0.2, 0) is 9.47 Å². The molecule has 8 heteroatoms. The molecule has 1 aromatic rings. The predicted molar refractivity (Wildman–Crippen MR) is 71.4 cm³/mol. The van der Waals surface area contributed by atoms with Crippen molar-refractivity contribution in [2.75, 3.05) is 39.8 Å². The number of benzene rings is 1. The molecule has 0 fully saturated rings. The molecule has 0 saturated carbocycles. The Bertz CT molecular complexity index is 503. The van der Waals surface area contributed by atoms with Crippen molar-refractivity contribution < 1.29 is 23.9 Å². The number of nitro groups is 1. The zero-order valence-corrected chi connectivity index (χ0v) is 11.5. The number of nitrogens with one attached hydrogen (secondary N) is 1. The second-order valence-corrected chi connectivity index (χ2v) is 3.74. The van der Waals surface area contributed by atoms with Crippen LogP contribution in [0, 0.1) is 10.1 Å². The van der Waals surface area contributed by atoms with E-state index in [-0.39, 0.29) is 22.7 Å². The number of carbonyl (C=O) groups is 1. The first-order valence-electron chi connectivity index (χ1n) is 5.72. The summed E-state index contributed by atoms with van der Waals surface area (Å²) in [5.74, 6) is -0.481. The number of hydrogen-bond donors (Lipinski definition) is 1. The van der Waals surface area contributed by atoms with Crippen LogP contribution in [0.2, 0.25) is 0 Å². The van der Waals surface area contributed by atoms with E-state index < -0.39 is 10.9 Å². The summed E-state index contributed by atoms with van der Waals surface area (Å²) in [6.45, 7) is 0.740. The molecule has 1 rings (SSSR count). The number of rotatable bonds is 7. The molecule has 0 aliphatic heterocycles. The third kappa shape index (κ3) is 3.58. The summed E-state index contributed by atoms with van der Waals surface area (Å²) in [6, 6.07) is 2.53. The Morgan fingerprint density at radius 3 is 2.55 bits per heavy atom. The fraction of sp³-hybridized carbons (Fsp3) is 0.417. The molecule has 0 radical (unpaired) electrons. The normalized spacial score (nSPS) is 9.95. The summed E-state index contributed by atoms with van der Waals surface area (Å²) < 4.78 is 14.5. The molecule has 0 saturated heterocycles. The Balaban J connectivity index is 3.25. The van der Waals surface area contributed by atoms with Crippen molar-refractivity contribution in [1.82, 2.24) is 0 Å². The minimum atomic E-state index is -0.671. The Morgan fingerprint density at radius 2 is 2.05 bits per heavy atom. The maximum Gasteiger partial charge on any atom is 0.338 e. The molecule has 0 unspecified atom stereocenters. The van der Waals surface area contributed by atoms with Gasteiger partial charge in [0.15, 0.2) is 5.69 Å². The molecule has 0 heterocycles. The molecule has 0 aliphatic carbocycles. The van der Waals surface area contributed by atoms with Crippen molar-refractivity contribution in [2.45, 2.75) is 0 Å². The van der Waals surface area contributed by atoms with Crippen molar-refractivity contribution in [3.05, 3.63) is 27.8 Å². The third-order valence-electron chi connectivity index (χ3n) is 2.53. The van der Waals surface area contributed by atoms with E-state index in [2.05, 4.69) is 10.1 Å². The fourth-order valence-electron chi connectivity index (χ4n) is 1.60. The number of ether oxygens (including phenoxy) is 3. The lowest BCUT2D eigenvalue weighted by Gasteiger charge is -2.12. The molecule has 8 nitrogen and oxygen atoms in total. The van der Waals surface area contributed by atoms with Gasteiger partial charge in [-0.3, -0.25) is 10.1 Å². The minimum Gasteiger partial charge on any atom is -0.494 e. The minimum absolute atomic E-state index is 0.0494. The van der Waals surface area contributed by atoms with Crippen molar-refractivity contribution in [1.29, 1.82) is 0 Å².